The maximum atomic E-state index is 5.62. The molecule has 0 bridgehead atoms. The van der Waals surface area contributed by atoms with Crippen LogP contribution in [0, 0.1) is 0 Å². The van der Waals surface area contributed by atoms with E-state index in [9.17, 15) is 0 Å². The Labute approximate surface area is 80.4 Å². The number of halogens is 1. The van der Waals surface area contributed by atoms with Crippen molar-refractivity contribution in [2.45, 2.75) is 6.42 Å². The van der Waals surface area contributed by atoms with E-state index < -0.39 is 0 Å². The molecule has 1 aromatic rings. The van der Waals surface area contributed by atoms with Crippen LogP contribution in [0.3, 0.4) is 0 Å². The van der Waals surface area contributed by atoms with Crippen molar-refractivity contribution in [3.63, 3.8) is 0 Å². The molecule has 1 aromatic carbocycles. The first-order valence-corrected chi connectivity index (χ1v) is 4.79. The van der Waals surface area contributed by atoms with Gasteiger partial charge in [0.25, 0.3) is 0 Å². The average molecular weight is 224 g/mol. The number of allylic oxidation sites excluding steroid dienone is 1. The van der Waals surface area contributed by atoms with Gasteiger partial charge in [-0.15, -0.1) is 0 Å². The first kappa shape index (κ1) is 8.02. The van der Waals surface area contributed by atoms with Crippen LogP contribution in [0.5, 0.6) is 0 Å². The molecule has 2 N–H and O–H groups in total. The molecule has 0 aromatic heterocycles. The van der Waals surface area contributed by atoms with Crippen LogP contribution in [-0.4, -0.2) is 6.54 Å². The number of benzene rings is 1. The Morgan fingerprint density at radius 2 is 2.25 bits per heavy atom. The maximum absolute atomic E-state index is 5.62. The number of fused-ring (bicyclic) bond motifs is 1. The number of hydrogen-bond donors (Lipinski definition) is 1. The molecule has 0 spiro atoms. The van der Waals surface area contributed by atoms with Crippen LogP contribution in [0.15, 0.2) is 28.7 Å². The summed E-state index contributed by atoms with van der Waals surface area (Å²) in [6.07, 6.45) is 3.22. The maximum Gasteiger partial charge on any atom is 0.0216 e. The van der Waals surface area contributed by atoms with Gasteiger partial charge in [-0.3, -0.25) is 0 Å². The van der Waals surface area contributed by atoms with Gasteiger partial charge in [0.15, 0.2) is 0 Å². The third-order valence-corrected chi connectivity index (χ3v) is 2.98. The van der Waals surface area contributed by atoms with Gasteiger partial charge in [0.1, 0.15) is 0 Å². The molecule has 0 atom stereocenters. The van der Waals surface area contributed by atoms with Gasteiger partial charge < -0.3 is 5.73 Å². The van der Waals surface area contributed by atoms with E-state index in [-0.39, 0.29) is 0 Å². The van der Waals surface area contributed by atoms with E-state index >= 15 is 0 Å². The summed E-state index contributed by atoms with van der Waals surface area (Å²) in [6, 6.07) is 6.26. The normalized spacial score (nSPS) is 14.3. The Morgan fingerprint density at radius 3 is 3.00 bits per heavy atom. The Hall–Kier alpha value is -0.600. The zero-order valence-electron chi connectivity index (χ0n) is 6.68. The fraction of sp³-hybridized carbons (Fsp3) is 0.200. The van der Waals surface area contributed by atoms with E-state index in [0.717, 1.165) is 6.42 Å². The van der Waals surface area contributed by atoms with Gasteiger partial charge in [0.2, 0.25) is 0 Å². The molecule has 1 aliphatic carbocycles. The number of rotatable bonds is 1. The lowest BCUT2D eigenvalue weighted by Crippen LogP contribution is -2.00. The van der Waals surface area contributed by atoms with Crippen LogP contribution in [-0.2, 0) is 6.42 Å². The van der Waals surface area contributed by atoms with Crippen molar-refractivity contribution in [1.82, 2.24) is 0 Å². The van der Waals surface area contributed by atoms with Gasteiger partial charge in [-0.05, 0) is 29.2 Å². The minimum atomic E-state index is 0.642. The molecule has 0 saturated carbocycles. The van der Waals surface area contributed by atoms with Crippen LogP contribution in [0.25, 0.3) is 5.57 Å². The summed E-state index contributed by atoms with van der Waals surface area (Å²) < 4.78 is 1.19. The van der Waals surface area contributed by atoms with Crippen molar-refractivity contribution >= 4 is 21.5 Å². The molecule has 62 valence electrons. The summed E-state index contributed by atoms with van der Waals surface area (Å²) >= 11 is 3.53. The summed E-state index contributed by atoms with van der Waals surface area (Å²) in [5, 5.41) is 0. The second-order valence-electron chi connectivity index (χ2n) is 2.90. The van der Waals surface area contributed by atoms with E-state index in [0.29, 0.717) is 6.54 Å². The van der Waals surface area contributed by atoms with E-state index in [4.69, 9.17) is 5.73 Å². The van der Waals surface area contributed by atoms with Crippen molar-refractivity contribution in [3.05, 3.63) is 39.9 Å². The van der Waals surface area contributed by atoms with E-state index in [1.807, 2.05) is 0 Å². The summed E-state index contributed by atoms with van der Waals surface area (Å²) in [7, 11) is 0. The van der Waals surface area contributed by atoms with Crippen molar-refractivity contribution in [3.8, 4) is 0 Å². The Morgan fingerprint density at radius 1 is 1.42 bits per heavy atom. The van der Waals surface area contributed by atoms with E-state index in [1.165, 1.54) is 21.2 Å². The molecule has 0 saturated heterocycles. The molecule has 12 heavy (non-hydrogen) atoms. The van der Waals surface area contributed by atoms with Crippen molar-refractivity contribution in [2.75, 3.05) is 6.54 Å². The highest BCUT2D eigenvalue weighted by Crippen LogP contribution is 2.31. The van der Waals surface area contributed by atoms with Gasteiger partial charge in [0.05, 0.1) is 0 Å². The molecule has 2 rings (SSSR count). The molecule has 0 heterocycles. The van der Waals surface area contributed by atoms with Crippen molar-refractivity contribution in [2.24, 2.45) is 5.73 Å². The SMILES string of the molecule is NCC1=CCc2c(Br)cccc21. The molecular weight excluding hydrogens is 214 g/mol. The molecule has 0 radical (unpaired) electrons. The summed E-state index contributed by atoms with van der Waals surface area (Å²) in [5.74, 6) is 0. The monoisotopic (exact) mass is 223 g/mol. The highest BCUT2D eigenvalue weighted by atomic mass is 79.9. The largest absolute Gasteiger partial charge is 0.326 e. The Bertz CT molecular complexity index is 342. The van der Waals surface area contributed by atoms with Crippen molar-refractivity contribution < 1.29 is 0 Å². The minimum absolute atomic E-state index is 0.642. The van der Waals surface area contributed by atoms with Gasteiger partial charge in [-0.1, -0.05) is 34.1 Å². The molecule has 0 amide bonds. The summed E-state index contributed by atoms with van der Waals surface area (Å²) in [5.41, 5.74) is 9.57. The molecule has 0 fully saturated rings. The lowest BCUT2D eigenvalue weighted by atomic mass is 10.1. The van der Waals surface area contributed by atoms with Gasteiger partial charge in [0, 0.05) is 11.0 Å². The number of hydrogen-bond acceptors (Lipinski definition) is 1. The second kappa shape index (κ2) is 3.04. The quantitative estimate of drug-likeness (QED) is 0.778. The fourth-order valence-corrected chi connectivity index (χ4v) is 2.12. The third-order valence-electron chi connectivity index (χ3n) is 2.24. The van der Waals surface area contributed by atoms with Crippen LogP contribution in [0.2, 0.25) is 0 Å². The predicted molar refractivity (Wildman–Crippen MR) is 54.9 cm³/mol. The topological polar surface area (TPSA) is 26.0 Å². The fourth-order valence-electron chi connectivity index (χ4n) is 1.60. The predicted octanol–water partition coefficient (Wildman–Crippen LogP) is 2.35. The standard InChI is InChI=1S/C10H10BrN/c11-10-3-1-2-8-7(6-12)4-5-9(8)10/h1-4H,5-6,12H2. The van der Waals surface area contributed by atoms with E-state index in [2.05, 4.69) is 40.2 Å². The van der Waals surface area contributed by atoms with Crippen LogP contribution in [0.4, 0.5) is 0 Å². The molecule has 1 nitrogen and oxygen atoms in total. The van der Waals surface area contributed by atoms with Gasteiger partial charge in [-0.2, -0.15) is 0 Å². The molecular formula is C10H10BrN. The van der Waals surface area contributed by atoms with Gasteiger partial charge in [-0.25, -0.2) is 0 Å². The first-order chi connectivity index (χ1) is 5.83. The Kier molecular flexibility index (Phi) is 2.03. The lowest BCUT2D eigenvalue weighted by molar-refractivity contribution is 1.27. The zero-order valence-corrected chi connectivity index (χ0v) is 8.26. The summed E-state index contributed by atoms with van der Waals surface area (Å²) in [6.45, 7) is 0.642. The summed E-state index contributed by atoms with van der Waals surface area (Å²) in [4.78, 5) is 0. The van der Waals surface area contributed by atoms with E-state index in [1.54, 1.807) is 0 Å². The smallest absolute Gasteiger partial charge is 0.0216 e. The zero-order chi connectivity index (χ0) is 8.55. The first-order valence-electron chi connectivity index (χ1n) is 4.00. The second-order valence-corrected chi connectivity index (χ2v) is 3.76. The highest BCUT2D eigenvalue weighted by molar-refractivity contribution is 9.10. The molecule has 0 unspecified atom stereocenters. The van der Waals surface area contributed by atoms with Crippen molar-refractivity contribution in [1.29, 1.82) is 0 Å². The highest BCUT2D eigenvalue weighted by Gasteiger charge is 2.13. The minimum Gasteiger partial charge on any atom is -0.326 e. The third kappa shape index (κ3) is 1.11. The lowest BCUT2D eigenvalue weighted by Gasteiger charge is -2.03. The van der Waals surface area contributed by atoms with Crippen LogP contribution in [0.1, 0.15) is 11.1 Å². The average Bonchev–Trinajstić information content (AvgIpc) is 2.49. The van der Waals surface area contributed by atoms with Crippen LogP contribution < -0.4 is 5.73 Å². The molecule has 2 heteroatoms. The molecule has 0 aliphatic heterocycles. The molecule has 1 aliphatic rings. The van der Waals surface area contributed by atoms with Crippen LogP contribution >= 0.6 is 15.9 Å². The van der Waals surface area contributed by atoms with Gasteiger partial charge >= 0.3 is 0 Å². The Balaban J connectivity index is 2.53. The number of nitrogens with two attached hydrogens (primary N) is 1.